The summed E-state index contributed by atoms with van der Waals surface area (Å²) in [5.74, 6) is 0. The maximum absolute atomic E-state index is 6.22. The molecule has 0 saturated heterocycles. The highest BCUT2D eigenvalue weighted by Gasteiger charge is 2.10. The van der Waals surface area contributed by atoms with Crippen molar-refractivity contribution < 1.29 is 0 Å². The summed E-state index contributed by atoms with van der Waals surface area (Å²) in [4.78, 5) is 4.37. The van der Waals surface area contributed by atoms with Crippen LogP contribution in [0, 0.1) is 13.8 Å². The molecule has 17 heavy (non-hydrogen) atoms. The highest BCUT2D eigenvalue weighted by Crippen LogP contribution is 2.17. The van der Waals surface area contributed by atoms with Crippen LogP contribution in [0.4, 0.5) is 0 Å². The lowest BCUT2D eigenvalue weighted by atomic mass is 10.00. The SMILES string of the molecule is Cc1cccc(CC(N)c2ncccc2C)c1. The first-order valence-electron chi connectivity index (χ1n) is 5.89. The molecule has 0 spiro atoms. The van der Waals surface area contributed by atoms with E-state index in [1.807, 2.05) is 6.07 Å². The Labute approximate surface area is 103 Å². The molecule has 2 nitrogen and oxygen atoms in total. The number of nitrogens with zero attached hydrogens (tertiary/aromatic N) is 1. The molecule has 0 radical (unpaired) electrons. The Kier molecular flexibility index (Phi) is 3.55. The molecule has 1 unspecified atom stereocenters. The Hall–Kier alpha value is -1.67. The van der Waals surface area contributed by atoms with Gasteiger partial charge in [0.05, 0.1) is 11.7 Å². The largest absolute Gasteiger partial charge is 0.322 e. The van der Waals surface area contributed by atoms with Crippen LogP contribution in [-0.2, 0) is 6.42 Å². The van der Waals surface area contributed by atoms with Crippen LogP contribution in [0.5, 0.6) is 0 Å². The molecule has 1 atom stereocenters. The molecular weight excluding hydrogens is 208 g/mol. The highest BCUT2D eigenvalue weighted by atomic mass is 14.8. The third-order valence-corrected chi connectivity index (χ3v) is 2.94. The Morgan fingerprint density at radius 3 is 2.71 bits per heavy atom. The first-order valence-corrected chi connectivity index (χ1v) is 5.89. The molecule has 0 bridgehead atoms. The summed E-state index contributed by atoms with van der Waals surface area (Å²) < 4.78 is 0. The Morgan fingerprint density at radius 1 is 1.18 bits per heavy atom. The monoisotopic (exact) mass is 226 g/mol. The van der Waals surface area contributed by atoms with Crippen molar-refractivity contribution in [2.24, 2.45) is 5.73 Å². The topological polar surface area (TPSA) is 38.9 Å². The number of hydrogen-bond donors (Lipinski definition) is 1. The summed E-state index contributed by atoms with van der Waals surface area (Å²) in [5, 5.41) is 0. The molecule has 2 heteroatoms. The van der Waals surface area contributed by atoms with E-state index in [0.717, 1.165) is 17.7 Å². The molecule has 2 N–H and O–H groups in total. The average Bonchev–Trinajstić information content (AvgIpc) is 2.29. The fraction of sp³-hybridized carbons (Fsp3) is 0.267. The van der Waals surface area contributed by atoms with Gasteiger partial charge in [-0.15, -0.1) is 0 Å². The minimum Gasteiger partial charge on any atom is -0.322 e. The second kappa shape index (κ2) is 5.11. The molecule has 1 heterocycles. The lowest BCUT2D eigenvalue weighted by Crippen LogP contribution is -2.16. The van der Waals surface area contributed by atoms with Crippen molar-refractivity contribution in [1.29, 1.82) is 0 Å². The maximum atomic E-state index is 6.22. The number of nitrogens with two attached hydrogens (primary N) is 1. The summed E-state index contributed by atoms with van der Waals surface area (Å²) in [5.41, 5.74) is 10.9. The highest BCUT2D eigenvalue weighted by molar-refractivity contribution is 5.26. The van der Waals surface area contributed by atoms with Crippen LogP contribution >= 0.6 is 0 Å². The van der Waals surface area contributed by atoms with Gasteiger partial charge in [-0.2, -0.15) is 0 Å². The molecule has 88 valence electrons. The van der Waals surface area contributed by atoms with Crippen molar-refractivity contribution in [3.8, 4) is 0 Å². The van der Waals surface area contributed by atoms with Crippen LogP contribution in [0.2, 0.25) is 0 Å². The zero-order valence-electron chi connectivity index (χ0n) is 10.4. The smallest absolute Gasteiger partial charge is 0.0603 e. The first kappa shape index (κ1) is 11.8. The summed E-state index contributed by atoms with van der Waals surface area (Å²) in [6, 6.07) is 12.4. The standard InChI is InChI=1S/C15H18N2/c1-11-5-3-7-13(9-11)10-14(16)15-12(2)6-4-8-17-15/h3-9,14H,10,16H2,1-2H3. The molecule has 1 aromatic heterocycles. The number of benzene rings is 1. The third kappa shape index (κ3) is 2.92. The van der Waals surface area contributed by atoms with Crippen LogP contribution < -0.4 is 5.73 Å². The quantitative estimate of drug-likeness (QED) is 0.874. The summed E-state index contributed by atoms with van der Waals surface area (Å²) in [7, 11) is 0. The van der Waals surface area contributed by atoms with E-state index in [0.29, 0.717) is 0 Å². The molecule has 0 aliphatic heterocycles. The second-order valence-electron chi connectivity index (χ2n) is 4.51. The van der Waals surface area contributed by atoms with Gasteiger partial charge in [0.15, 0.2) is 0 Å². The summed E-state index contributed by atoms with van der Waals surface area (Å²) >= 11 is 0. The van der Waals surface area contributed by atoms with Gasteiger partial charge in [0.2, 0.25) is 0 Å². The van der Waals surface area contributed by atoms with E-state index in [-0.39, 0.29) is 6.04 Å². The predicted octanol–water partition coefficient (Wildman–Crippen LogP) is 2.94. The lowest BCUT2D eigenvalue weighted by molar-refractivity contribution is 0.690. The van der Waals surface area contributed by atoms with Crippen LogP contribution in [0.3, 0.4) is 0 Å². The first-order chi connectivity index (χ1) is 8.16. The van der Waals surface area contributed by atoms with E-state index in [9.17, 15) is 0 Å². The van der Waals surface area contributed by atoms with Gasteiger partial charge in [0.25, 0.3) is 0 Å². The Morgan fingerprint density at radius 2 is 2.00 bits per heavy atom. The zero-order chi connectivity index (χ0) is 12.3. The molecule has 0 amide bonds. The minimum absolute atomic E-state index is 0.0296. The molecule has 0 saturated carbocycles. The van der Waals surface area contributed by atoms with E-state index < -0.39 is 0 Å². The number of pyridine rings is 1. The minimum atomic E-state index is -0.0296. The molecular formula is C15H18N2. The summed E-state index contributed by atoms with van der Waals surface area (Å²) in [6.45, 7) is 4.15. The van der Waals surface area contributed by atoms with Crippen molar-refractivity contribution in [2.75, 3.05) is 0 Å². The van der Waals surface area contributed by atoms with E-state index in [1.54, 1.807) is 6.20 Å². The predicted molar refractivity (Wildman–Crippen MR) is 70.8 cm³/mol. The van der Waals surface area contributed by atoms with Gasteiger partial charge in [-0.1, -0.05) is 35.9 Å². The van der Waals surface area contributed by atoms with Crippen LogP contribution in [0.25, 0.3) is 0 Å². The van der Waals surface area contributed by atoms with E-state index in [2.05, 4.69) is 49.2 Å². The second-order valence-corrected chi connectivity index (χ2v) is 4.51. The summed E-state index contributed by atoms with van der Waals surface area (Å²) in [6.07, 6.45) is 2.64. The molecule has 0 aliphatic carbocycles. The average molecular weight is 226 g/mol. The van der Waals surface area contributed by atoms with Gasteiger partial charge in [-0.3, -0.25) is 4.98 Å². The lowest BCUT2D eigenvalue weighted by Gasteiger charge is -2.13. The molecule has 1 aromatic carbocycles. The van der Waals surface area contributed by atoms with Crippen molar-refractivity contribution in [1.82, 2.24) is 4.98 Å². The van der Waals surface area contributed by atoms with Crippen LogP contribution in [-0.4, -0.2) is 4.98 Å². The molecule has 2 rings (SSSR count). The molecule has 0 aliphatic rings. The van der Waals surface area contributed by atoms with Crippen molar-refractivity contribution in [3.05, 3.63) is 65.0 Å². The van der Waals surface area contributed by atoms with E-state index in [1.165, 1.54) is 11.1 Å². The number of aryl methyl sites for hydroxylation is 2. The zero-order valence-corrected chi connectivity index (χ0v) is 10.4. The Bertz CT molecular complexity index is 506. The van der Waals surface area contributed by atoms with Crippen LogP contribution in [0.1, 0.15) is 28.4 Å². The third-order valence-electron chi connectivity index (χ3n) is 2.94. The van der Waals surface area contributed by atoms with E-state index >= 15 is 0 Å². The van der Waals surface area contributed by atoms with Gasteiger partial charge < -0.3 is 5.73 Å². The van der Waals surface area contributed by atoms with E-state index in [4.69, 9.17) is 5.73 Å². The van der Waals surface area contributed by atoms with Gasteiger partial charge in [-0.05, 0) is 37.5 Å². The van der Waals surface area contributed by atoms with Gasteiger partial charge in [-0.25, -0.2) is 0 Å². The number of hydrogen-bond acceptors (Lipinski definition) is 2. The fourth-order valence-corrected chi connectivity index (χ4v) is 2.08. The normalized spacial score (nSPS) is 12.4. The molecule has 2 aromatic rings. The van der Waals surface area contributed by atoms with Gasteiger partial charge in [0.1, 0.15) is 0 Å². The number of aromatic nitrogens is 1. The maximum Gasteiger partial charge on any atom is 0.0603 e. The van der Waals surface area contributed by atoms with Gasteiger partial charge >= 0.3 is 0 Å². The van der Waals surface area contributed by atoms with Crippen molar-refractivity contribution >= 4 is 0 Å². The van der Waals surface area contributed by atoms with Crippen molar-refractivity contribution in [3.63, 3.8) is 0 Å². The molecule has 0 fully saturated rings. The fourth-order valence-electron chi connectivity index (χ4n) is 2.08. The Balaban J connectivity index is 2.17. The van der Waals surface area contributed by atoms with Gasteiger partial charge in [0, 0.05) is 6.20 Å². The number of rotatable bonds is 3. The van der Waals surface area contributed by atoms with Crippen molar-refractivity contribution in [2.45, 2.75) is 26.3 Å². The van der Waals surface area contributed by atoms with Crippen LogP contribution in [0.15, 0.2) is 42.6 Å².